The summed E-state index contributed by atoms with van der Waals surface area (Å²) in [6, 6.07) is 35.0. The molecule has 11 rings (SSSR count). The van der Waals surface area contributed by atoms with Crippen LogP contribution in [0.5, 0.6) is 11.5 Å². The number of carbonyl (C=O) groups is 3. The monoisotopic (exact) mass is 1390 g/mol. The molecule has 22 heteroatoms. The molecule has 0 radical (unpaired) electrons. The van der Waals surface area contributed by atoms with Crippen molar-refractivity contribution in [3.63, 3.8) is 0 Å². The zero-order chi connectivity index (χ0) is 63.4. The molecule has 0 spiro atoms. The van der Waals surface area contributed by atoms with Crippen LogP contribution >= 0.6 is 39.7 Å². The fourth-order valence-electron chi connectivity index (χ4n) is 10.0. The quantitative estimate of drug-likeness (QED) is 0.0718. The molecule has 2 aromatic heterocycles. The van der Waals surface area contributed by atoms with E-state index in [4.69, 9.17) is 33.1 Å². The van der Waals surface area contributed by atoms with Gasteiger partial charge in [0, 0.05) is 69.5 Å². The van der Waals surface area contributed by atoms with Crippen LogP contribution in [0.4, 0.5) is 9.59 Å². The number of phosphoric acid groups is 1. The van der Waals surface area contributed by atoms with Crippen LogP contribution in [-0.2, 0) is 42.8 Å². The predicted molar refractivity (Wildman–Crippen MR) is 345 cm³/mol. The normalized spacial score (nSPS) is 15.9. The number of nitrogens with two attached hydrogens (primary N) is 1. The van der Waals surface area contributed by atoms with E-state index in [1.807, 2.05) is 180 Å². The smallest absolute Gasteiger partial charge is 0.870 e. The van der Waals surface area contributed by atoms with Crippen molar-refractivity contribution in [2.75, 3.05) is 13.1 Å². The Morgan fingerprint density at radius 3 is 1.55 bits per heavy atom. The van der Waals surface area contributed by atoms with Crippen LogP contribution < -0.4 is 66.2 Å². The van der Waals surface area contributed by atoms with Gasteiger partial charge in [0.15, 0.2) is 0 Å². The van der Waals surface area contributed by atoms with Crippen LogP contribution in [0.3, 0.4) is 0 Å². The molecule has 2 amide bonds. The molecular formula is C67H76Br2KN5O13P-. The van der Waals surface area contributed by atoms with E-state index in [-0.39, 0.29) is 116 Å². The molecule has 89 heavy (non-hydrogen) atoms. The van der Waals surface area contributed by atoms with Gasteiger partial charge in [0.25, 0.3) is 5.89 Å². The number of carbonyl (C=O) groups excluding carboxylic acids is 4. The summed E-state index contributed by atoms with van der Waals surface area (Å²) in [6.45, 7) is 25.4. The summed E-state index contributed by atoms with van der Waals surface area (Å²) in [5.74, 6) is 0.708. The van der Waals surface area contributed by atoms with E-state index < -0.39 is 19.0 Å². The van der Waals surface area contributed by atoms with Crippen molar-refractivity contribution < 1.29 is 113 Å². The standard InChI is InChI=1S/C24H31BrN2O4.C20H13O4P.C15H21BrN2O2.C8H10NO2.K.H2O/c1-23(2,3)20-14-30-21(26-20)19(28)12-15-9-10-27(22(29)31-24(4,5)6)13-16-11-17(25)7-8-18(15)16;21-25(22)23-17-11-9-13-5-1-3-7-15(13)19(17)20-16-8-4-2-6-14(16)10-12-18(20)24-25;1-15(2,3)20-14(19)18-7-6-13(17)12-5-4-11(16)8-10(12)9-18;1-8(2,3)6-5-11-7(4-10)9-6;;/h7-8,11,14-15H,9-10,12-13H2,1-6H3;1-12H,(H,21,22);4-5,8,13H,6-7,9,17H2,1-3H3;5H,1-3H3;;1H2/q;;;-1;+1;/p-1/t15-;;13-;;;/m0.1.../s1. The molecule has 6 aromatic carbocycles. The largest absolute Gasteiger partial charge is 1.00 e. The molecule has 0 bridgehead atoms. The Labute approximate surface area is 579 Å². The first-order valence-electron chi connectivity index (χ1n) is 28.6. The fourth-order valence-corrected chi connectivity index (χ4v) is 11.7. The van der Waals surface area contributed by atoms with E-state index in [1.54, 1.807) is 34.5 Å². The average molecular weight is 1390 g/mol. The molecule has 3 aliphatic rings. The molecule has 0 fully saturated rings. The van der Waals surface area contributed by atoms with Crippen molar-refractivity contribution >= 4 is 85.5 Å². The van der Waals surface area contributed by atoms with Gasteiger partial charge in [-0.05, 0) is 140 Å². The Bertz CT molecular complexity index is 3790. The number of aromatic nitrogens is 2. The van der Waals surface area contributed by atoms with Crippen LogP contribution in [0.25, 0.3) is 32.7 Å². The summed E-state index contributed by atoms with van der Waals surface area (Å²) < 4.78 is 46.4. The number of hydrogen-bond acceptors (Lipinski definition) is 15. The molecular weight excluding hydrogens is 1310 g/mol. The number of phosphoric ester groups is 1. The number of rotatable bonds is 4. The first-order chi connectivity index (χ1) is 40.8. The first kappa shape index (κ1) is 72.5. The summed E-state index contributed by atoms with van der Waals surface area (Å²) in [5.41, 5.74) is 12.3. The fraction of sp³-hybridized carbons (Fsp3) is 0.373. The second kappa shape index (κ2) is 29.8. The van der Waals surface area contributed by atoms with Gasteiger partial charge in [0.1, 0.15) is 35.2 Å². The van der Waals surface area contributed by atoms with E-state index in [2.05, 4.69) is 41.8 Å². The van der Waals surface area contributed by atoms with Crippen LogP contribution in [0.15, 0.2) is 140 Å². The number of benzene rings is 6. The minimum Gasteiger partial charge on any atom is -0.870 e. The van der Waals surface area contributed by atoms with Crippen molar-refractivity contribution in [3.05, 3.63) is 176 Å². The Kier molecular flexibility index (Phi) is 24.3. The van der Waals surface area contributed by atoms with Crippen LogP contribution in [0, 0.1) is 0 Å². The molecule has 0 unspecified atom stereocenters. The Morgan fingerprint density at radius 1 is 0.652 bits per heavy atom. The van der Waals surface area contributed by atoms with Crippen molar-refractivity contribution in [1.29, 1.82) is 0 Å². The van der Waals surface area contributed by atoms with Gasteiger partial charge in [-0.15, -0.1) is 0 Å². The van der Waals surface area contributed by atoms with E-state index >= 15 is 0 Å². The van der Waals surface area contributed by atoms with Gasteiger partial charge in [-0.3, -0.25) is 9.69 Å². The van der Waals surface area contributed by atoms with Crippen molar-refractivity contribution in [1.82, 2.24) is 19.8 Å². The van der Waals surface area contributed by atoms with Gasteiger partial charge in [0.05, 0.1) is 17.3 Å². The van der Waals surface area contributed by atoms with E-state index in [1.165, 1.54) is 6.26 Å². The maximum atomic E-state index is 13.0. The van der Waals surface area contributed by atoms with Gasteiger partial charge < -0.3 is 53.2 Å². The van der Waals surface area contributed by atoms with Crippen LogP contribution in [-0.4, -0.2) is 78.7 Å². The maximum absolute atomic E-state index is 13.0. The number of amides is 2. The third kappa shape index (κ3) is 19.3. The molecule has 0 saturated carbocycles. The average Bonchev–Trinajstić information content (AvgIpc) is 2.86. The molecule has 5 heterocycles. The molecule has 0 aliphatic carbocycles. The summed E-state index contributed by atoms with van der Waals surface area (Å²) in [5, 5.41) is 3.95. The number of fused-ring (bicyclic) bond motifs is 9. The first-order valence-corrected chi connectivity index (χ1v) is 31.7. The molecule has 4 N–H and O–H groups in total. The number of ketones is 1. The number of nitrogens with zero attached hydrogens (tertiary/aromatic N) is 4. The summed E-state index contributed by atoms with van der Waals surface area (Å²) in [7, 11) is -4.25. The molecule has 3 aliphatic heterocycles. The van der Waals surface area contributed by atoms with Gasteiger partial charge >= 0.3 is 71.4 Å². The summed E-state index contributed by atoms with van der Waals surface area (Å²) in [4.78, 5) is 69.8. The minimum atomic E-state index is -4.25. The van der Waals surface area contributed by atoms with Crippen molar-refractivity contribution in [2.45, 2.75) is 149 Å². The van der Waals surface area contributed by atoms with Crippen molar-refractivity contribution in [3.8, 4) is 22.6 Å². The van der Waals surface area contributed by atoms with Gasteiger partial charge in [-0.2, -0.15) is 6.29 Å². The second-order valence-electron chi connectivity index (χ2n) is 25.6. The zero-order valence-corrected chi connectivity index (χ0v) is 59.8. The molecule has 2 atom stereocenters. The molecule has 18 nitrogen and oxygen atoms in total. The third-order valence-corrected chi connectivity index (χ3v) is 16.1. The number of halogens is 2. The Morgan fingerprint density at radius 2 is 1.10 bits per heavy atom. The third-order valence-electron chi connectivity index (χ3n) is 14.3. The number of Topliss-reactive ketones (excluding diaryl/α,β-unsaturated/α-hetero) is 1. The van der Waals surface area contributed by atoms with Gasteiger partial charge in [-0.25, -0.2) is 24.1 Å². The summed E-state index contributed by atoms with van der Waals surface area (Å²) >= 11 is 6.99. The maximum Gasteiger partial charge on any atom is 1.00 e. The number of hydrogen-bond donors (Lipinski definition) is 2. The minimum absolute atomic E-state index is 0. The molecule has 8 aromatic rings. The number of oxazole rings is 2. The Balaban J connectivity index is 0.000000197. The Hall–Kier alpha value is -5.55. The van der Waals surface area contributed by atoms with Crippen LogP contribution in [0.1, 0.15) is 165 Å². The van der Waals surface area contributed by atoms with E-state index in [9.17, 15) is 28.6 Å². The predicted octanol–water partition coefficient (Wildman–Crippen LogP) is 13.6. The molecule has 468 valence electrons. The SMILES string of the molecule is CC(C)(C)OC(=O)N1CC[C@@H](CC(=O)c2nc(C(C)(C)C)co2)c2ccc(Br)cc2C1.CC(C)(C)OC(=O)N1CC[C@@H](N)c2ccc(Br)cc2C1.CC(C)(C)c1coc([C-]=O)n1.O=P1(O)Oc2ccc3ccccc3c2-c2c(ccc3ccccc23)O1.[K+].[OH-]. The van der Waals surface area contributed by atoms with Crippen molar-refractivity contribution in [2.24, 2.45) is 5.73 Å². The molecule has 0 saturated heterocycles. The van der Waals surface area contributed by atoms with Gasteiger partial charge in [0.2, 0.25) is 5.78 Å². The zero-order valence-electron chi connectivity index (χ0n) is 52.6. The van der Waals surface area contributed by atoms with Crippen LogP contribution in [0.2, 0.25) is 0 Å². The topological polar surface area (TPSA) is 257 Å². The van der Waals surface area contributed by atoms with E-state index in [0.717, 1.165) is 81.7 Å². The van der Waals surface area contributed by atoms with E-state index in [0.29, 0.717) is 44.1 Å². The summed E-state index contributed by atoms with van der Waals surface area (Å²) in [6.07, 6.45) is 5.70. The van der Waals surface area contributed by atoms with Gasteiger partial charge in [-0.1, -0.05) is 146 Å². The second-order valence-corrected chi connectivity index (χ2v) is 28.8. The number of ether oxygens (including phenoxy) is 2.